The first-order chi connectivity index (χ1) is 18.9. The third-order valence-corrected chi connectivity index (χ3v) is 7.76. The number of aliphatic carboxylic acids is 1. The van der Waals surface area contributed by atoms with Gasteiger partial charge in [0.05, 0.1) is 12.2 Å². The van der Waals surface area contributed by atoms with Gasteiger partial charge in [0.1, 0.15) is 18.4 Å². The van der Waals surface area contributed by atoms with Crippen LogP contribution in [0.2, 0.25) is 0 Å². The van der Waals surface area contributed by atoms with Crippen molar-refractivity contribution in [3.63, 3.8) is 0 Å². The summed E-state index contributed by atoms with van der Waals surface area (Å²) in [5.41, 5.74) is 4.36. The van der Waals surface area contributed by atoms with Gasteiger partial charge >= 0.3 is 5.97 Å². The van der Waals surface area contributed by atoms with Crippen molar-refractivity contribution >= 4 is 11.9 Å². The van der Waals surface area contributed by atoms with Gasteiger partial charge in [-0.15, -0.1) is 0 Å². The summed E-state index contributed by atoms with van der Waals surface area (Å²) in [5.74, 6) is -0.735. The Morgan fingerprint density at radius 1 is 0.949 bits per heavy atom. The highest BCUT2D eigenvalue weighted by Crippen LogP contribution is 2.37. The highest BCUT2D eigenvalue weighted by atomic mass is 16.5. The third kappa shape index (κ3) is 6.15. The van der Waals surface area contributed by atoms with Crippen molar-refractivity contribution in [2.24, 2.45) is 0 Å². The van der Waals surface area contributed by atoms with E-state index >= 15 is 0 Å². The molecule has 1 unspecified atom stereocenters. The SMILES string of the molecule is Cc1ccc2c(c1OCc1ccccc1)C[C@@H](C(=O)O)N(C(=O)C(O[C@H]1CC[C@@H](O)CC1)c1ccccc1)C2. The molecule has 39 heavy (non-hydrogen) atoms. The van der Waals surface area contributed by atoms with Crippen molar-refractivity contribution < 1.29 is 29.3 Å². The number of carboxylic acid groups (broad SMARTS) is 1. The molecule has 7 heteroatoms. The molecule has 1 amide bonds. The molecule has 0 spiro atoms. The number of fused-ring (bicyclic) bond motifs is 1. The number of aliphatic hydroxyl groups excluding tert-OH is 1. The summed E-state index contributed by atoms with van der Waals surface area (Å²) in [6.45, 7) is 2.48. The first kappa shape index (κ1) is 26.9. The van der Waals surface area contributed by atoms with Gasteiger partial charge in [0.2, 0.25) is 0 Å². The summed E-state index contributed by atoms with van der Waals surface area (Å²) in [7, 11) is 0. The van der Waals surface area contributed by atoms with Gasteiger partial charge in [-0.25, -0.2) is 4.79 Å². The Morgan fingerprint density at radius 2 is 1.62 bits per heavy atom. The molecule has 2 N–H and O–H groups in total. The van der Waals surface area contributed by atoms with Crippen molar-refractivity contribution in [2.75, 3.05) is 0 Å². The van der Waals surface area contributed by atoms with Crippen LogP contribution in [0.4, 0.5) is 0 Å². The lowest BCUT2D eigenvalue weighted by Crippen LogP contribution is -2.51. The second kappa shape index (κ2) is 12.0. The van der Waals surface area contributed by atoms with Crippen LogP contribution in [-0.4, -0.2) is 45.2 Å². The zero-order chi connectivity index (χ0) is 27.4. The van der Waals surface area contributed by atoms with Crippen LogP contribution in [0.1, 0.15) is 59.6 Å². The predicted molar refractivity (Wildman–Crippen MR) is 146 cm³/mol. The van der Waals surface area contributed by atoms with Crippen LogP contribution < -0.4 is 4.74 Å². The van der Waals surface area contributed by atoms with Gasteiger partial charge in [-0.1, -0.05) is 72.8 Å². The van der Waals surface area contributed by atoms with E-state index in [9.17, 15) is 19.8 Å². The number of hydrogen-bond acceptors (Lipinski definition) is 5. The van der Waals surface area contributed by atoms with Crippen LogP contribution in [0.5, 0.6) is 5.75 Å². The van der Waals surface area contributed by atoms with Crippen molar-refractivity contribution in [1.29, 1.82) is 0 Å². The second-order valence-corrected chi connectivity index (χ2v) is 10.5. The molecule has 3 aromatic carbocycles. The van der Waals surface area contributed by atoms with Crippen LogP contribution in [0.3, 0.4) is 0 Å². The minimum absolute atomic E-state index is 0.152. The zero-order valence-electron chi connectivity index (χ0n) is 22.2. The normalized spacial score (nSPS) is 21.6. The average molecular weight is 530 g/mol. The van der Waals surface area contributed by atoms with Gasteiger partial charge in [-0.3, -0.25) is 4.79 Å². The molecule has 3 aromatic rings. The van der Waals surface area contributed by atoms with Crippen LogP contribution in [0, 0.1) is 6.92 Å². The quantitative estimate of drug-likeness (QED) is 0.428. The standard InChI is InChI=1S/C32H35NO6/c1-21-12-13-24-19-33(28(32(36)37)18-27(24)29(21)38-20-22-8-4-2-5-9-22)31(35)30(23-10-6-3-7-11-23)39-26-16-14-25(34)15-17-26/h2-13,25-26,28,30,34H,14-20H2,1H3,(H,36,37)/t25-,26+,28-,30?/m0/s1. The third-order valence-electron chi connectivity index (χ3n) is 7.76. The van der Waals surface area contributed by atoms with E-state index < -0.39 is 18.1 Å². The second-order valence-electron chi connectivity index (χ2n) is 10.5. The maximum atomic E-state index is 14.1. The average Bonchev–Trinajstić information content (AvgIpc) is 2.96. The number of ether oxygens (including phenoxy) is 2. The molecule has 7 nitrogen and oxygen atoms in total. The molecule has 1 saturated carbocycles. The Labute approximate surface area is 229 Å². The summed E-state index contributed by atoms with van der Waals surface area (Å²) in [5, 5.41) is 20.2. The lowest BCUT2D eigenvalue weighted by molar-refractivity contribution is -0.161. The van der Waals surface area contributed by atoms with Crippen molar-refractivity contribution in [1.82, 2.24) is 4.90 Å². The Balaban J connectivity index is 1.43. The molecule has 0 radical (unpaired) electrons. The van der Waals surface area contributed by atoms with Gasteiger partial charge in [-0.05, 0) is 54.9 Å². The van der Waals surface area contributed by atoms with Gasteiger partial charge in [0.15, 0.2) is 6.10 Å². The number of aliphatic hydroxyl groups is 1. The molecule has 2 aliphatic rings. The summed E-state index contributed by atoms with van der Waals surface area (Å²) >= 11 is 0. The van der Waals surface area contributed by atoms with E-state index in [0.29, 0.717) is 43.6 Å². The van der Waals surface area contributed by atoms with Crippen molar-refractivity contribution in [3.8, 4) is 5.75 Å². The van der Waals surface area contributed by atoms with Crippen LogP contribution >= 0.6 is 0 Å². The van der Waals surface area contributed by atoms with E-state index in [4.69, 9.17) is 9.47 Å². The maximum Gasteiger partial charge on any atom is 0.326 e. The van der Waals surface area contributed by atoms with Crippen molar-refractivity contribution in [3.05, 3.63) is 101 Å². The van der Waals surface area contributed by atoms with Crippen LogP contribution in [-0.2, 0) is 33.9 Å². The Morgan fingerprint density at radius 3 is 2.28 bits per heavy atom. The highest BCUT2D eigenvalue weighted by Gasteiger charge is 2.40. The van der Waals surface area contributed by atoms with E-state index in [-0.39, 0.29) is 31.1 Å². The summed E-state index contributed by atoms with van der Waals surface area (Å²) in [6.07, 6.45) is 1.28. The molecule has 0 aromatic heterocycles. The lowest BCUT2D eigenvalue weighted by atomic mass is 9.90. The number of carbonyl (C=O) groups excluding carboxylic acids is 1. The number of rotatable bonds is 8. The highest BCUT2D eigenvalue weighted by molar-refractivity contribution is 5.88. The van der Waals surface area contributed by atoms with E-state index in [1.165, 1.54) is 4.90 Å². The molecule has 0 saturated heterocycles. The van der Waals surface area contributed by atoms with Crippen LogP contribution in [0.25, 0.3) is 0 Å². The number of hydrogen-bond donors (Lipinski definition) is 2. The number of nitrogens with zero attached hydrogens (tertiary/aromatic N) is 1. The monoisotopic (exact) mass is 529 g/mol. The number of aryl methyl sites for hydroxylation is 1. The first-order valence-electron chi connectivity index (χ1n) is 13.6. The van der Waals surface area contributed by atoms with Gasteiger partial charge in [0.25, 0.3) is 5.91 Å². The van der Waals surface area contributed by atoms with E-state index in [1.54, 1.807) is 0 Å². The molecule has 1 aliphatic heterocycles. The fourth-order valence-electron chi connectivity index (χ4n) is 5.57. The molecule has 2 atom stereocenters. The summed E-state index contributed by atoms with van der Waals surface area (Å²) < 4.78 is 12.6. The van der Waals surface area contributed by atoms with Crippen LogP contribution in [0.15, 0.2) is 72.8 Å². The number of carbonyl (C=O) groups is 2. The fraction of sp³-hybridized carbons (Fsp3) is 0.375. The lowest BCUT2D eigenvalue weighted by Gasteiger charge is -2.38. The fourth-order valence-corrected chi connectivity index (χ4v) is 5.57. The van der Waals surface area contributed by atoms with Gasteiger partial charge < -0.3 is 24.6 Å². The van der Waals surface area contributed by atoms with E-state index in [1.807, 2.05) is 79.7 Å². The van der Waals surface area contributed by atoms with Crippen molar-refractivity contribution in [2.45, 2.75) is 76.5 Å². The predicted octanol–water partition coefficient (Wildman–Crippen LogP) is 4.97. The smallest absolute Gasteiger partial charge is 0.326 e. The van der Waals surface area contributed by atoms with E-state index in [2.05, 4.69) is 0 Å². The van der Waals surface area contributed by atoms with Gasteiger partial charge in [0, 0.05) is 18.5 Å². The first-order valence-corrected chi connectivity index (χ1v) is 13.6. The Kier molecular flexibility index (Phi) is 8.29. The summed E-state index contributed by atoms with van der Waals surface area (Å²) in [6, 6.07) is 22.0. The number of carboxylic acids is 1. The molecule has 0 bridgehead atoms. The zero-order valence-corrected chi connectivity index (χ0v) is 22.2. The Hall–Kier alpha value is -3.68. The molecule has 5 rings (SSSR count). The van der Waals surface area contributed by atoms with Gasteiger partial charge in [-0.2, -0.15) is 0 Å². The molecule has 1 fully saturated rings. The molecular formula is C32H35NO6. The molecular weight excluding hydrogens is 494 g/mol. The molecule has 1 heterocycles. The number of amides is 1. The molecule has 204 valence electrons. The number of benzene rings is 3. The largest absolute Gasteiger partial charge is 0.488 e. The molecule has 1 aliphatic carbocycles. The minimum Gasteiger partial charge on any atom is -0.488 e. The van der Waals surface area contributed by atoms with E-state index in [0.717, 1.165) is 22.3 Å². The topological polar surface area (TPSA) is 96.3 Å². The summed E-state index contributed by atoms with van der Waals surface area (Å²) in [4.78, 5) is 28.1. The Bertz CT molecular complexity index is 1290. The maximum absolute atomic E-state index is 14.1. The minimum atomic E-state index is -1.06.